The van der Waals surface area contributed by atoms with Crippen LogP contribution in [0.1, 0.15) is 31.6 Å². The Hall–Kier alpha value is -2.97. The molecule has 2 aromatic rings. The van der Waals surface area contributed by atoms with E-state index in [2.05, 4.69) is 15.5 Å². The number of nitro groups is 1. The molecule has 0 spiro atoms. The molecule has 134 valence electrons. The lowest BCUT2D eigenvalue weighted by Gasteiger charge is -2.22. The molecule has 0 saturated carbocycles. The van der Waals surface area contributed by atoms with Crippen LogP contribution >= 0.6 is 0 Å². The van der Waals surface area contributed by atoms with Crippen LogP contribution in [0, 0.1) is 23.0 Å². The molecule has 0 aliphatic heterocycles. The van der Waals surface area contributed by atoms with E-state index >= 15 is 0 Å². The smallest absolute Gasteiger partial charge is 0.292 e. The van der Waals surface area contributed by atoms with Crippen LogP contribution < -0.4 is 10.2 Å². The predicted octanol–water partition coefficient (Wildman–Crippen LogP) is 2.24. The quantitative estimate of drug-likeness (QED) is 0.603. The largest absolute Gasteiger partial charge is 0.360 e. The Labute approximate surface area is 145 Å². The van der Waals surface area contributed by atoms with Crippen molar-refractivity contribution in [2.75, 3.05) is 18.5 Å². The van der Waals surface area contributed by atoms with E-state index in [4.69, 9.17) is 4.52 Å². The van der Waals surface area contributed by atoms with Crippen LogP contribution in [0.2, 0.25) is 0 Å². The molecule has 1 unspecified atom stereocenters. The summed E-state index contributed by atoms with van der Waals surface area (Å²) in [6, 6.07) is 5.86. The molecule has 1 heterocycles. The van der Waals surface area contributed by atoms with Gasteiger partial charge in [0.25, 0.3) is 5.69 Å². The molecule has 9 heteroatoms. The number of carbonyl (C=O) groups excluding carboxylic acids is 1. The fourth-order valence-electron chi connectivity index (χ4n) is 2.41. The van der Waals surface area contributed by atoms with E-state index in [0.717, 1.165) is 0 Å². The molecule has 1 aromatic heterocycles. The third-order valence-electron chi connectivity index (χ3n) is 3.66. The lowest BCUT2D eigenvalue weighted by molar-refractivity contribution is -0.384. The minimum atomic E-state index is -0.470. The zero-order valence-corrected chi connectivity index (χ0v) is 14.6. The molecule has 1 amide bonds. The first kappa shape index (κ1) is 18.4. The van der Waals surface area contributed by atoms with Gasteiger partial charge in [-0.3, -0.25) is 14.9 Å². The fraction of sp³-hybridized carbons (Fsp3) is 0.438. The second-order valence-electron chi connectivity index (χ2n) is 6.07. The SMILES string of the molecule is Cc1noc(C(NC(=O)CN(C)c2ccccc2[N+](=O)[O-])C(C)C)n1. The van der Waals surface area contributed by atoms with Crippen molar-refractivity contribution in [2.45, 2.75) is 26.8 Å². The lowest BCUT2D eigenvalue weighted by Crippen LogP contribution is -2.39. The van der Waals surface area contributed by atoms with E-state index in [9.17, 15) is 14.9 Å². The Morgan fingerprint density at radius 1 is 1.40 bits per heavy atom. The summed E-state index contributed by atoms with van der Waals surface area (Å²) in [4.78, 5) is 28.7. The number of para-hydroxylation sites is 2. The summed E-state index contributed by atoms with van der Waals surface area (Å²) in [6.45, 7) is 5.52. The average Bonchev–Trinajstić information content (AvgIpc) is 2.98. The number of aromatic nitrogens is 2. The van der Waals surface area contributed by atoms with Crippen LogP contribution in [-0.4, -0.2) is 34.6 Å². The molecule has 0 aliphatic carbocycles. The molecule has 0 aliphatic rings. The summed E-state index contributed by atoms with van der Waals surface area (Å²) in [7, 11) is 1.63. The highest BCUT2D eigenvalue weighted by Crippen LogP contribution is 2.26. The summed E-state index contributed by atoms with van der Waals surface area (Å²) in [5, 5.41) is 17.7. The number of aryl methyl sites for hydroxylation is 1. The number of amides is 1. The number of hydrogen-bond acceptors (Lipinski definition) is 7. The monoisotopic (exact) mass is 347 g/mol. The Morgan fingerprint density at radius 3 is 2.64 bits per heavy atom. The van der Waals surface area contributed by atoms with Crippen molar-refractivity contribution >= 4 is 17.3 Å². The van der Waals surface area contributed by atoms with Crippen molar-refractivity contribution in [3.8, 4) is 0 Å². The van der Waals surface area contributed by atoms with Crippen LogP contribution in [0.15, 0.2) is 28.8 Å². The van der Waals surface area contributed by atoms with E-state index in [0.29, 0.717) is 17.4 Å². The summed E-state index contributed by atoms with van der Waals surface area (Å²) < 4.78 is 5.15. The van der Waals surface area contributed by atoms with Crippen LogP contribution in [-0.2, 0) is 4.79 Å². The number of benzene rings is 1. The van der Waals surface area contributed by atoms with Gasteiger partial charge in [-0.05, 0) is 18.9 Å². The Balaban J connectivity index is 2.09. The first-order chi connectivity index (χ1) is 11.8. The van der Waals surface area contributed by atoms with Crippen molar-refractivity contribution < 1.29 is 14.2 Å². The van der Waals surface area contributed by atoms with Crippen LogP contribution in [0.4, 0.5) is 11.4 Å². The molecule has 1 aromatic carbocycles. The molecule has 0 bridgehead atoms. The van der Waals surface area contributed by atoms with E-state index in [1.807, 2.05) is 13.8 Å². The molecule has 2 rings (SSSR count). The maximum absolute atomic E-state index is 12.4. The van der Waals surface area contributed by atoms with E-state index in [1.54, 1.807) is 32.2 Å². The van der Waals surface area contributed by atoms with Gasteiger partial charge in [-0.15, -0.1) is 0 Å². The van der Waals surface area contributed by atoms with Crippen LogP contribution in [0.3, 0.4) is 0 Å². The van der Waals surface area contributed by atoms with Crippen molar-refractivity contribution in [3.63, 3.8) is 0 Å². The topological polar surface area (TPSA) is 114 Å². The van der Waals surface area contributed by atoms with Crippen molar-refractivity contribution in [2.24, 2.45) is 5.92 Å². The molecule has 1 N–H and O–H groups in total. The molecule has 25 heavy (non-hydrogen) atoms. The number of nitro benzene ring substituents is 1. The lowest BCUT2D eigenvalue weighted by atomic mass is 10.0. The minimum absolute atomic E-state index is 0.0405. The number of likely N-dealkylation sites (N-methyl/N-ethyl adjacent to an activating group) is 1. The van der Waals surface area contributed by atoms with Crippen molar-refractivity contribution in [3.05, 3.63) is 46.1 Å². The zero-order chi connectivity index (χ0) is 18.6. The maximum Gasteiger partial charge on any atom is 0.292 e. The highest BCUT2D eigenvalue weighted by atomic mass is 16.6. The van der Waals surface area contributed by atoms with E-state index in [1.165, 1.54) is 11.0 Å². The fourth-order valence-corrected chi connectivity index (χ4v) is 2.41. The predicted molar refractivity (Wildman–Crippen MR) is 91.1 cm³/mol. The standard InChI is InChI=1S/C16H21N5O4/c1-10(2)15(16-17-11(3)19-25-16)18-14(22)9-20(4)12-7-5-6-8-13(12)21(23)24/h5-8,10,15H,9H2,1-4H3,(H,18,22). The van der Waals surface area contributed by atoms with E-state index in [-0.39, 0.29) is 24.1 Å². The first-order valence-electron chi connectivity index (χ1n) is 7.83. The van der Waals surface area contributed by atoms with E-state index < -0.39 is 11.0 Å². The Bertz CT molecular complexity index is 758. The van der Waals surface area contributed by atoms with Gasteiger partial charge in [0.1, 0.15) is 11.7 Å². The van der Waals surface area contributed by atoms with Gasteiger partial charge in [0, 0.05) is 13.1 Å². The molecular formula is C16H21N5O4. The van der Waals surface area contributed by atoms with Gasteiger partial charge in [0.05, 0.1) is 11.5 Å². The van der Waals surface area contributed by atoms with Gasteiger partial charge in [0.15, 0.2) is 5.82 Å². The zero-order valence-electron chi connectivity index (χ0n) is 14.6. The van der Waals surface area contributed by atoms with Gasteiger partial charge in [-0.1, -0.05) is 31.1 Å². The molecule has 0 fully saturated rings. The van der Waals surface area contributed by atoms with Crippen molar-refractivity contribution in [1.82, 2.24) is 15.5 Å². The molecule has 9 nitrogen and oxygen atoms in total. The van der Waals surface area contributed by atoms with Gasteiger partial charge in [-0.25, -0.2) is 0 Å². The molecule has 1 atom stereocenters. The summed E-state index contributed by atoms with van der Waals surface area (Å²) >= 11 is 0. The number of carbonyl (C=O) groups is 1. The normalized spacial score (nSPS) is 12.0. The number of hydrogen-bond donors (Lipinski definition) is 1. The number of anilines is 1. The Morgan fingerprint density at radius 2 is 2.08 bits per heavy atom. The summed E-state index contributed by atoms with van der Waals surface area (Å²) in [6.07, 6.45) is 0. The summed E-state index contributed by atoms with van der Waals surface area (Å²) in [5.41, 5.74) is 0.322. The Kier molecular flexibility index (Phi) is 5.68. The first-order valence-corrected chi connectivity index (χ1v) is 7.83. The second-order valence-corrected chi connectivity index (χ2v) is 6.07. The van der Waals surface area contributed by atoms with Gasteiger partial charge in [-0.2, -0.15) is 4.98 Å². The second kappa shape index (κ2) is 7.73. The highest BCUT2D eigenvalue weighted by Gasteiger charge is 2.25. The third kappa shape index (κ3) is 4.52. The number of nitrogens with one attached hydrogen (secondary N) is 1. The molecule has 0 radical (unpaired) electrons. The summed E-state index contributed by atoms with van der Waals surface area (Å²) in [5.74, 6) is 0.580. The average molecular weight is 347 g/mol. The highest BCUT2D eigenvalue weighted by molar-refractivity contribution is 5.82. The third-order valence-corrected chi connectivity index (χ3v) is 3.66. The van der Waals surface area contributed by atoms with Crippen LogP contribution in [0.25, 0.3) is 0 Å². The van der Waals surface area contributed by atoms with Gasteiger partial charge >= 0.3 is 0 Å². The van der Waals surface area contributed by atoms with Gasteiger partial charge in [0.2, 0.25) is 11.8 Å². The minimum Gasteiger partial charge on any atom is -0.360 e. The maximum atomic E-state index is 12.4. The van der Waals surface area contributed by atoms with Gasteiger partial charge < -0.3 is 14.7 Å². The number of rotatable bonds is 7. The number of nitrogens with zero attached hydrogens (tertiary/aromatic N) is 4. The van der Waals surface area contributed by atoms with Crippen molar-refractivity contribution in [1.29, 1.82) is 0 Å². The molecule has 0 saturated heterocycles. The van der Waals surface area contributed by atoms with Crippen LogP contribution in [0.5, 0.6) is 0 Å². The molecular weight excluding hydrogens is 326 g/mol.